The highest BCUT2D eigenvalue weighted by Crippen LogP contribution is 2.37. The molecule has 0 aromatic rings. The van der Waals surface area contributed by atoms with Crippen molar-refractivity contribution in [2.24, 2.45) is 17.8 Å². The Morgan fingerprint density at radius 3 is 2.16 bits per heavy atom. The Kier molecular flexibility index (Phi) is 5.15. The Hall–Kier alpha value is -0.250. The van der Waals surface area contributed by atoms with Crippen LogP contribution in [0.25, 0.3) is 0 Å². The molecule has 0 aromatic heterocycles. The summed E-state index contributed by atoms with van der Waals surface area (Å²) < 4.78 is 37.7. The zero-order valence-electron chi connectivity index (χ0n) is 11.8. The van der Waals surface area contributed by atoms with Crippen LogP contribution in [-0.2, 0) is 0 Å². The smallest absolute Gasteiger partial charge is 0.314 e. The second-order valence-electron chi connectivity index (χ2n) is 6.52. The zero-order valence-corrected chi connectivity index (χ0v) is 11.8. The van der Waals surface area contributed by atoms with E-state index in [-0.39, 0.29) is 0 Å². The maximum absolute atomic E-state index is 12.6. The fourth-order valence-electron chi connectivity index (χ4n) is 3.64. The van der Waals surface area contributed by atoms with Gasteiger partial charge in [0, 0.05) is 6.04 Å². The third kappa shape index (κ3) is 4.37. The van der Waals surface area contributed by atoms with Crippen molar-refractivity contribution in [3.63, 3.8) is 0 Å². The van der Waals surface area contributed by atoms with Crippen LogP contribution >= 0.6 is 0 Å². The Balaban J connectivity index is 1.68. The van der Waals surface area contributed by atoms with Crippen LogP contribution in [0.2, 0.25) is 0 Å². The lowest BCUT2D eigenvalue weighted by molar-refractivity contribution is -0.182. The highest BCUT2D eigenvalue weighted by molar-refractivity contribution is 4.82. The highest BCUT2D eigenvalue weighted by atomic mass is 19.4. The van der Waals surface area contributed by atoms with E-state index >= 15 is 0 Å². The summed E-state index contributed by atoms with van der Waals surface area (Å²) >= 11 is 0. The number of halogens is 3. The van der Waals surface area contributed by atoms with Crippen molar-refractivity contribution in [2.75, 3.05) is 6.54 Å². The lowest BCUT2D eigenvalue weighted by Crippen LogP contribution is -2.40. The topological polar surface area (TPSA) is 12.0 Å². The molecule has 2 atom stereocenters. The lowest BCUT2D eigenvalue weighted by atomic mass is 9.80. The first kappa shape index (κ1) is 15.1. The Morgan fingerprint density at radius 2 is 1.58 bits per heavy atom. The van der Waals surface area contributed by atoms with E-state index < -0.39 is 12.1 Å². The molecule has 0 saturated heterocycles. The van der Waals surface area contributed by atoms with E-state index in [1.807, 2.05) is 0 Å². The summed E-state index contributed by atoms with van der Waals surface area (Å²) in [5.41, 5.74) is 0. The molecule has 2 saturated carbocycles. The summed E-state index contributed by atoms with van der Waals surface area (Å²) in [5.74, 6) is 0.445. The van der Waals surface area contributed by atoms with Gasteiger partial charge < -0.3 is 5.32 Å². The van der Waals surface area contributed by atoms with Gasteiger partial charge >= 0.3 is 6.18 Å². The van der Waals surface area contributed by atoms with Crippen LogP contribution in [0.1, 0.15) is 58.3 Å². The molecule has 19 heavy (non-hydrogen) atoms. The third-order valence-corrected chi connectivity index (χ3v) is 5.15. The molecule has 112 valence electrons. The van der Waals surface area contributed by atoms with Crippen molar-refractivity contribution in [1.82, 2.24) is 5.32 Å². The first-order valence-corrected chi connectivity index (χ1v) is 7.77. The fraction of sp³-hybridized carbons (Fsp3) is 1.00. The van der Waals surface area contributed by atoms with E-state index in [2.05, 4.69) is 12.2 Å². The minimum absolute atomic E-state index is 0.307. The van der Waals surface area contributed by atoms with Crippen LogP contribution in [0.3, 0.4) is 0 Å². The lowest BCUT2D eigenvalue weighted by Gasteiger charge is -2.34. The predicted octanol–water partition coefficient (Wildman–Crippen LogP) is 4.52. The average Bonchev–Trinajstić information content (AvgIpc) is 2.37. The zero-order chi connectivity index (χ0) is 13.9. The maximum atomic E-state index is 12.6. The largest absolute Gasteiger partial charge is 0.391 e. The van der Waals surface area contributed by atoms with Crippen LogP contribution < -0.4 is 5.32 Å². The summed E-state index contributed by atoms with van der Waals surface area (Å²) in [6.45, 7) is 3.31. The van der Waals surface area contributed by atoms with Gasteiger partial charge in [-0.2, -0.15) is 13.2 Å². The van der Waals surface area contributed by atoms with E-state index in [1.165, 1.54) is 25.7 Å². The number of nitrogens with one attached hydrogen (secondary N) is 1. The van der Waals surface area contributed by atoms with Crippen LogP contribution in [0.4, 0.5) is 13.2 Å². The molecule has 2 unspecified atom stereocenters. The van der Waals surface area contributed by atoms with E-state index in [0.717, 1.165) is 18.4 Å². The van der Waals surface area contributed by atoms with Crippen molar-refractivity contribution >= 4 is 0 Å². The van der Waals surface area contributed by atoms with Crippen molar-refractivity contribution < 1.29 is 13.2 Å². The van der Waals surface area contributed by atoms with Crippen LogP contribution in [-0.4, -0.2) is 18.8 Å². The van der Waals surface area contributed by atoms with Crippen molar-refractivity contribution in [1.29, 1.82) is 0 Å². The quantitative estimate of drug-likeness (QED) is 0.799. The molecule has 2 fully saturated rings. The summed E-state index contributed by atoms with van der Waals surface area (Å²) in [6, 6.07) is 0.313. The van der Waals surface area contributed by atoms with E-state index in [1.54, 1.807) is 0 Å². The van der Waals surface area contributed by atoms with E-state index in [9.17, 15) is 13.2 Å². The molecule has 1 N–H and O–H groups in total. The van der Waals surface area contributed by atoms with Gasteiger partial charge in [-0.1, -0.05) is 26.2 Å². The van der Waals surface area contributed by atoms with Gasteiger partial charge in [0.05, 0.1) is 5.92 Å². The average molecular weight is 277 g/mol. The third-order valence-electron chi connectivity index (χ3n) is 5.15. The highest BCUT2D eigenvalue weighted by Gasteiger charge is 2.41. The molecule has 0 radical (unpaired) electrons. The van der Waals surface area contributed by atoms with Gasteiger partial charge in [0.1, 0.15) is 0 Å². The standard InChI is InChI=1S/C15H26F3N/c1-11-4-2-3-5-12(11)10-19-14-8-6-13(7-9-14)15(16,17)18/h11-14,19H,2-10H2,1H3. The summed E-state index contributed by atoms with van der Waals surface area (Å²) in [4.78, 5) is 0. The number of hydrogen-bond donors (Lipinski definition) is 1. The molecule has 2 rings (SSSR count). The minimum atomic E-state index is -3.98. The molecular weight excluding hydrogens is 251 g/mol. The summed E-state index contributed by atoms with van der Waals surface area (Å²) in [7, 11) is 0. The molecule has 0 bridgehead atoms. The number of rotatable bonds is 3. The van der Waals surface area contributed by atoms with Crippen LogP contribution in [0.5, 0.6) is 0 Å². The molecule has 0 spiro atoms. The van der Waals surface area contributed by atoms with Gasteiger partial charge in [0.15, 0.2) is 0 Å². The number of alkyl halides is 3. The molecular formula is C15H26F3N. The van der Waals surface area contributed by atoms with Crippen molar-refractivity contribution in [2.45, 2.75) is 70.5 Å². The molecule has 2 aliphatic rings. The van der Waals surface area contributed by atoms with Gasteiger partial charge in [-0.25, -0.2) is 0 Å². The second kappa shape index (κ2) is 6.47. The van der Waals surface area contributed by atoms with Gasteiger partial charge in [-0.3, -0.25) is 0 Å². The molecule has 0 aliphatic heterocycles. The van der Waals surface area contributed by atoms with Gasteiger partial charge in [0.2, 0.25) is 0 Å². The van der Waals surface area contributed by atoms with Gasteiger partial charge in [-0.05, 0) is 50.5 Å². The summed E-state index contributed by atoms with van der Waals surface area (Å²) in [5, 5.41) is 3.53. The molecule has 4 heteroatoms. The normalized spacial score (nSPS) is 37.3. The monoisotopic (exact) mass is 277 g/mol. The predicted molar refractivity (Wildman–Crippen MR) is 70.9 cm³/mol. The Morgan fingerprint density at radius 1 is 0.947 bits per heavy atom. The molecule has 0 heterocycles. The van der Waals surface area contributed by atoms with Crippen molar-refractivity contribution in [3.05, 3.63) is 0 Å². The fourth-order valence-corrected chi connectivity index (χ4v) is 3.64. The molecule has 0 amide bonds. The summed E-state index contributed by atoms with van der Waals surface area (Å²) in [6.07, 6.45) is 3.26. The van der Waals surface area contributed by atoms with Crippen molar-refractivity contribution in [3.8, 4) is 0 Å². The first-order valence-electron chi connectivity index (χ1n) is 7.77. The minimum Gasteiger partial charge on any atom is -0.314 e. The molecule has 2 aliphatic carbocycles. The van der Waals surface area contributed by atoms with Crippen LogP contribution in [0.15, 0.2) is 0 Å². The van der Waals surface area contributed by atoms with Gasteiger partial charge in [-0.15, -0.1) is 0 Å². The molecule has 1 nitrogen and oxygen atoms in total. The van der Waals surface area contributed by atoms with Gasteiger partial charge in [0.25, 0.3) is 0 Å². The molecule has 0 aromatic carbocycles. The van der Waals surface area contributed by atoms with Crippen LogP contribution in [0, 0.1) is 17.8 Å². The van der Waals surface area contributed by atoms with E-state index in [0.29, 0.717) is 31.7 Å². The SMILES string of the molecule is CC1CCCCC1CNC1CCC(C(F)(F)F)CC1. The Labute approximate surface area is 114 Å². The maximum Gasteiger partial charge on any atom is 0.391 e. The Bertz CT molecular complexity index is 269. The van der Waals surface area contributed by atoms with E-state index in [4.69, 9.17) is 0 Å². The number of hydrogen-bond acceptors (Lipinski definition) is 1. The first-order chi connectivity index (χ1) is 8.97. The second-order valence-corrected chi connectivity index (χ2v) is 6.52.